The molecule has 1 unspecified atom stereocenters. The third-order valence-corrected chi connectivity index (χ3v) is 3.52. The zero-order chi connectivity index (χ0) is 15.3. The molecule has 4 amide bonds. The summed E-state index contributed by atoms with van der Waals surface area (Å²) in [6.45, 7) is 6.66. The molecular weight excluding hydrogens is 260 g/mol. The summed E-state index contributed by atoms with van der Waals surface area (Å²) in [6.07, 6.45) is 1.32. The fourth-order valence-corrected chi connectivity index (χ4v) is 2.25. The molecule has 0 bridgehead atoms. The number of piperidine rings is 1. The minimum atomic E-state index is -0.483. The second kappa shape index (κ2) is 7.23. The summed E-state index contributed by atoms with van der Waals surface area (Å²) in [5.74, 6) is -0.718. The van der Waals surface area contributed by atoms with Gasteiger partial charge in [0.05, 0.1) is 6.04 Å². The fourth-order valence-electron chi connectivity index (χ4n) is 2.25. The highest BCUT2D eigenvalue weighted by Gasteiger charge is 2.29. The van der Waals surface area contributed by atoms with E-state index in [0.29, 0.717) is 25.9 Å². The van der Waals surface area contributed by atoms with Crippen LogP contribution < -0.4 is 16.4 Å². The van der Waals surface area contributed by atoms with Crippen molar-refractivity contribution in [2.24, 2.45) is 11.7 Å². The van der Waals surface area contributed by atoms with Crippen molar-refractivity contribution in [3.8, 4) is 0 Å². The number of rotatable bonds is 4. The molecule has 1 aliphatic rings. The van der Waals surface area contributed by atoms with Crippen molar-refractivity contribution in [2.75, 3.05) is 13.1 Å². The molecule has 0 spiro atoms. The van der Waals surface area contributed by atoms with Gasteiger partial charge in [-0.3, -0.25) is 19.8 Å². The highest BCUT2D eigenvalue weighted by Crippen LogP contribution is 2.18. The van der Waals surface area contributed by atoms with Crippen molar-refractivity contribution in [1.82, 2.24) is 15.5 Å². The molecule has 4 N–H and O–H groups in total. The maximum absolute atomic E-state index is 11.9. The van der Waals surface area contributed by atoms with Crippen molar-refractivity contribution in [3.05, 3.63) is 0 Å². The standard InChI is InChI=1S/C13H24N4O3/c1-8(2)15-13(20)16-12(19)9(3)17-6-4-10(5-7-17)11(14)18/h8-10H,4-7H2,1-3H3,(H2,14,18)(H2,15,16,19,20). The lowest BCUT2D eigenvalue weighted by Gasteiger charge is -2.34. The van der Waals surface area contributed by atoms with E-state index < -0.39 is 12.1 Å². The van der Waals surface area contributed by atoms with Gasteiger partial charge in [-0.1, -0.05) is 0 Å². The van der Waals surface area contributed by atoms with Crippen LogP contribution in [0.3, 0.4) is 0 Å². The first kappa shape index (κ1) is 16.4. The normalized spacial score (nSPS) is 18.6. The van der Waals surface area contributed by atoms with Gasteiger partial charge in [0.1, 0.15) is 0 Å². The average Bonchev–Trinajstić information content (AvgIpc) is 2.36. The van der Waals surface area contributed by atoms with Crippen molar-refractivity contribution in [3.63, 3.8) is 0 Å². The van der Waals surface area contributed by atoms with E-state index in [9.17, 15) is 14.4 Å². The first-order valence-electron chi connectivity index (χ1n) is 6.96. The number of imide groups is 1. The lowest BCUT2D eigenvalue weighted by Crippen LogP contribution is -2.52. The van der Waals surface area contributed by atoms with Gasteiger partial charge in [-0.15, -0.1) is 0 Å². The van der Waals surface area contributed by atoms with Crippen LogP contribution in [0.25, 0.3) is 0 Å². The van der Waals surface area contributed by atoms with Crippen LogP contribution in [0.1, 0.15) is 33.6 Å². The second-order valence-electron chi connectivity index (χ2n) is 5.51. The number of amides is 4. The monoisotopic (exact) mass is 284 g/mol. The summed E-state index contributed by atoms with van der Waals surface area (Å²) in [7, 11) is 0. The number of primary amides is 1. The quantitative estimate of drug-likeness (QED) is 0.665. The summed E-state index contributed by atoms with van der Waals surface area (Å²) >= 11 is 0. The summed E-state index contributed by atoms with van der Waals surface area (Å²) in [5, 5.41) is 4.92. The molecule has 1 saturated heterocycles. The molecular formula is C13H24N4O3. The van der Waals surface area contributed by atoms with Gasteiger partial charge in [-0.2, -0.15) is 0 Å². The topological polar surface area (TPSA) is 105 Å². The largest absolute Gasteiger partial charge is 0.369 e. The van der Waals surface area contributed by atoms with Gasteiger partial charge in [0.25, 0.3) is 0 Å². The molecule has 1 atom stereocenters. The molecule has 7 heteroatoms. The summed E-state index contributed by atoms with van der Waals surface area (Å²) in [6, 6.07) is -0.907. The molecule has 7 nitrogen and oxygen atoms in total. The van der Waals surface area contributed by atoms with Crippen LogP contribution in [0.15, 0.2) is 0 Å². The SMILES string of the molecule is CC(C)NC(=O)NC(=O)C(C)N1CCC(C(N)=O)CC1. The first-order chi connectivity index (χ1) is 9.31. The van der Waals surface area contributed by atoms with E-state index in [1.165, 1.54) is 0 Å². The van der Waals surface area contributed by atoms with E-state index in [-0.39, 0.29) is 23.8 Å². The van der Waals surface area contributed by atoms with Crippen LogP contribution in [0.5, 0.6) is 0 Å². The van der Waals surface area contributed by atoms with Gasteiger partial charge < -0.3 is 11.1 Å². The molecule has 1 heterocycles. The van der Waals surface area contributed by atoms with Crippen molar-refractivity contribution in [2.45, 2.75) is 45.7 Å². The van der Waals surface area contributed by atoms with E-state index in [2.05, 4.69) is 10.6 Å². The number of nitrogens with two attached hydrogens (primary N) is 1. The summed E-state index contributed by atoms with van der Waals surface area (Å²) in [4.78, 5) is 36.5. The Kier molecular flexibility index (Phi) is 5.94. The van der Waals surface area contributed by atoms with Crippen molar-refractivity contribution in [1.29, 1.82) is 0 Å². The van der Waals surface area contributed by atoms with Gasteiger partial charge >= 0.3 is 6.03 Å². The minimum absolute atomic E-state index is 0.0237. The number of nitrogens with one attached hydrogen (secondary N) is 2. The van der Waals surface area contributed by atoms with E-state index in [1.807, 2.05) is 18.7 Å². The first-order valence-corrected chi connectivity index (χ1v) is 6.96. The highest BCUT2D eigenvalue weighted by molar-refractivity contribution is 5.96. The average molecular weight is 284 g/mol. The lowest BCUT2D eigenvalue weighted by atomic mass is 9.95. The fraction of sp³-hybridized carbons (Fsp3) is 0.769. The van der Waals surface area contributed by atoms with Crippen molar-refractivity contribution < 1.29 is 14.4 Å². The van der Waals surface area contributed by atoms with Crippen LogP contribution in [0, 0.1) is 5.92 Å². The summed E-state index contributed by atoms with van der Waals surface area (Å²) < 4.78 is 0. The zero-order valence-corrected chi connectivity index (χ0v) is 12.3. The number of carbonyl (C=O) groups is 3. The highest BCUT2D eigenvalue weighted by atomic mass is 16.2. The van der Waals surface area contributed by atoms with Crippen LogP contribution >= 0.6 is 0 Å². The Morgan fingerprint density at radius 1 is 1.15 bits per heavy atom. The Bertz CT molecular complexity index is 376. The van der Waals surface area contributed by atoms with Crippen LogP contribution in [-0.4, -0.2) is 47.9 Å². The predicted octanol–water partition coefficient (Wildman–Crippen LogP) is -0.194. The molecule has 114 valence electrons. The predicted molar refractivity (Wildman–Crippen MR) is 74.8 cm³/mol. The lowest BCUT2D eigenvalue weighted by molar-refractivity contribution is -0.126. The van der Waals surface area contributed by atoms with Crippen LogP contribution in [0.4, 0.5) is 4.79 Å². The molecule has 1 aliphatic heterocycles. The van der Waals surface area contributed by atoms with E-state index in [1.54, 1.807) is 6.92 Å². The van der Waals surface area contributed by atoms with E-state index >= 15 is 0 Å². The molecule has 0 aromatic carbocycles. The Morgan fingerprint density at radius 3 is 2.15 bits per heavy atom. The van der Waals surface area contributed by atoms with Gasteiger partial charge in [-0.25, -0.2) is 4.79 Å². The number of urea groups is 1. The zero-order valence-electron chi connectivity index (χ0n) is 12.3. The van der Waals surface area contributed by atoms with Gasteiger partial charge in [0, 0.05) is 12.0 Å². The van der Waals surface area contributed by atoms with Crippen LogP contribution in [0.2, 0.25) is 0 Å². The number of carbonyl (C=O) groups excluding carboxylic acids is 3. The van der Waals surface area contributed by atoms with Gasteiger partial charge in [0.15, 0.2) is 0 Å². The molecule has 1 fully saturated rings. The maximum Gasteiger partial charge on any atom is 0.321 e. The molecule has 0 aromatic rings. The Balaban J connectivity index is 2.42. The number of hydrogen-bond donors (Lipinski definition) is 3. The minimum Gasteiger partial charge on any atom is -0.369 e. The molecule has 0 radical (unpaired) electrons. The van der Waals surface area contributed by atoms with Crippen molar-refractivity contribution >= 4 is 17.8 Å². The Hall–Kier alpha value is -1.63. The maximum atomic E-state index is 11.9. The van der Waals surface area contributed by atoms with E-state index in [4.69, 9.17) is 5.73 Å². The van der Waals surface area contributed by atoms with Gasteiger partial charge in [0.2, 0.25) is 11.8 Å². The number of hydrogen-bond acceptors (Lipinski definition) is 4. The molecule has 0 aromatic heterocycles. The number of likely N-dealkylation sites (tertiary alicyclic amines) is 1. The molecule has 0 aliphatic carbocycles. The number of nitrogens with zero attached hydrogens (tertiary/aromatic N) is 1. The third kappa shape index (κ3) is 4.80. The third-order valence-electron chi connectivity index (χ3n) is 3.52. The molecule has 20 heavy (non-hydrogen) atoms. The Morgan fingerprint density at radius 2 is 1.70 bits per heavy atom. The Labute approximate surface area is 119 Å². The smallest absolute Gasteiger partial charge is 0.321 e. The van der Waals surface area contributed by atoms with Crippen LogP contribution in [-0.2, 0) is 9.59 Å². The second-order valence-corrected chi connectivity index (χ2v) is 5.51. The van der Waals surface area contributed by atoms with E-state index in [0.717, 1.165) is 0 Å². The molecule has 0 saturated carbocycles. The summed E-state index contributed by atoms with van der Waals surface area (Å²) in [5.41, 5.74) is 5.27. The van der Waals surface area contributed by atoms with Gasteiger partial charge in [-0.05, 0) is 46.7 Å². The molecule has 1 rings (SSSR count).